The van der Waals surface area contributed by atoms with E-state index in [-0.39, 0.29) is 11.0 Å². The van der Waals surface area contributed by atoms with Crippen LogP contribution in [0.2, 0.25) is 0 Å². The number of rotatable bonds is 6. The SMILES string of the molecule is CN(C)c1ccc2c(-c3ccc(NC(=S)NCc4ccc(C(C)(C)C)cc4)cc3C(=O)O)c3ccc(=[N+](C)C)cc-3oc2c1. The molecule has 0 radical (unpaired) electrons. The van der Waals surface area contributed by atoms with Gasteiger partial charge in [-0.2, -0.15) is 0 Å². The van der Waals surface area contributed by atoms with E-state index in [9.17, 15) is 9.90 Å². The highest BCUT2D eigenvalue weighted by Crippen LogP contribution is 2.42. The first-order chi connectivity index (χ1) is 20.8. The van der Waals surface area contributed by atoms with Crippen LogP contribution in [0, 0.1) is 0 Å². The Balaban J connectivity index is 1.51. The van der Waals surface area contributed by atoms with Gasteiger partial charge in [0.05, 0.1) is 11.6 Å². The molecule has 0 bridgehead atoms. The van der Waals surface area contributed by atoms with Gasteiger partial charge in [-0.1, -0.05) is 51.1 Å². The third-order valence-corrected chi connectivity index (χ3v) is 8.02. The Morgan fingerprint density at radius 2 is 1.64 bits per heavy atom. The zero-order valence-electron chi connectivity index (χ0n) is 26.3. The number of carboxylic acids is 1. The molecule has 3 aromatic carbocycles. The monoisotopic (exact) mass is 607 g/mol. The van der Waals surface area contributed by atoms with E-state index in [4.69, 9.17) is 16.6 Å². The lowest BCUT2D eigenvalue weighted by Crippen LogP contribution is -2.28. The molecular weight excluding hydrogens is 568 g/mol. The molecule has 1 heterocycles. The minimum absolute atomic E-state index is 0.0915. The number of fused-ring (bicyclic) bond motifs is 2. The zero-order chi connectivity index (χ0) is 31.8. The fraction of sp³-hybridized carbons (Fsp3) is 0.250. The molecule has 0 fully saturated rings. The van der Waals surface area contributed by atoms with Gasteiger partial charge in [0.1, 0.15) is 25.4 Å². The number of benzene rings is 4. The van der Waals surface area contributed by atoms with Crippen molar-refractivity contribution in [3.63, 3.8) is 0 Å². The van der Waals surface area contributed by atoms with Gasteiger partial charge in [0.15, 0.2) is 5.11 Å². The Kier molecular flexibility index (Phi) is 8.48. The maximum Gasteiger partial charge on any atom is 0.336 e. The number of carboxylic acid groups (broad SMARTS) is 1. The van der Waals surface area contributed by atoms with Crippen LogP contribution in [-0.2, 0) is 12.0 Å². The first-order valence-electron chi connectivity index (χ1n) is 14.5. The van der Waals surface area contributed by atoms with Crippen molar-refractivity contribution >= 4 is 45.6 Å². The van der Waals surface area contributed by atoms with E-state index in [2.05, 4.69) is 55.7 Å². The molecule has 0 atom stereocenters. The van der Waals surface area contributed by atoms with E-state index in [1.54, 1.807) is 6.07 Å². The molecule has 1 aliphatic heterocycles. The van der Waals surface area contributed by atoms with Crippen LogP contribution in [0.25, 0.3) is 33.4 Å². The third-order valence-electron chi connectivity index (χ3n) is 7.77. The van der Waals surface area contributed by atoms with Crippen LogP contribution in [-0.4, -0.2) is 44.4 Å². The van der Waals surface area contributed by atoms with Crippen LogP contribution < -0.4 is 25.5 Å². The Hall–Kier alpha value is -4.69. The van der Waals surface area contributed by atoms with E-state index in [0.717, 1.165) is 33.1 Å². The average Bonchev–Trinajstić information content (AvgIpc) is 2.98. The number of carbonyl (C=O) groups is 1. The number of hydrogen-bond acceptors (Lipinski definition) is 4. The summed E-state index contributed by atoms with van der Waals surface area (Å²) in [5.41, 5.74) is 7.12. The predicted molar refractivity (Wildman–Crippen MR) is 185 cm³/mol. The van der Waals surface area contributed by atoms with E-state index in [1.165, 1.54) is 5.56 Å². The lowest BCUT2D eigenvalue weighted by atomic mass is 9.87. The highest BCUT2D eigenvalue weighted by atomic mass is 32.1. The van der Waals surface area contributed by atoms with E-state index in [0.29, 0.717) is 34.3 Å². The van der Waals surface area contributed by atoms with Crippen molar-refractivity contribution in [2.45, 2.75) is 32.7 Å². The van der Waals surface area contributed by atoms with Gasteiger partial charge in [-0.3, -0.25) is 0 Å². The van der Waals surface area contributed by atoms with Crippen LogP contribution in [0.5, 0.6) is 0 Å². The Labute approximate surface area is 263 Å². The summed E-state index contributed by atoms with van der Waals surface area (Å²) in [4.78, 5) is 14.7. The second-order valence-electron chi connectivity index (χ2n) is 12.4. The number of nitrogens with one attached hydrogen (secondary N) is 2. The molecule has 2 aliphatic rings. The smallest absolute Gasteiger partial charge is 0.336 e. The molecule has 0 aromatic heterocycles. The first-order valence-corrected chi connectivity index (χ1v) is 14.9. The topological polar surface area (TPSA) is 80.8 Å². The van der Waals surface area contributed by atoms with Gasteiger partial charge in [0, 0.05) is 60.7 Å². The van der Waals surface area contributed by atoms with Crippen LogP contribution in [0.3, 0.4) is 0 Å². The lowest BCUT2D eigenvalue weighted by molar-refractivity contribution is 0.0697. The average molecular weight is 608 g/mol. The number of hydrogen-bond donors (Lipinski definition) is 3. The van der Waals surface area contributed by atoms with Crippen molar-refractivity contribution in [1.82, 2.24) is 9.89 Å². The molecule has 3 aromatic rings. The molecule has 5 rings (SSSR count). The summed E-state index contributed by atoms with van der Waals surface area (Å²) in [5, 5.41) is 19.0. The molecule has 7 nitrogen and oxygen atoms in total. The van der Waals surface area contributed by atoms with Gasteiger partial charge < -0.3 is 25.1 Å². The molecule has 1 aliphatic carbocycles. The summed E-state index contributed by atoms with van der Waals surface area (Å²) in [6, 6.07) is 25.8. The minimum atomic E-state index is -1.03. The zero-order valence-corrected chi connectivity index (χ0v) is 27.1. The molecular formula is C36H39N4O3S+. The van der Waals surface area contributed by atoms with Crippen molar-refractivity contribution in [1.29, 1.82) is 0 Å². The molecule has 0 unspecified atom stereocenters. The summed E-state index contributed by atoms with van der Waals surface area (Å²) < 4.78 is 8.42. The second kappa shape index (κ2) is 12.1. The molecule has 0 amide bonds. The van der Waals surface area contributed by atoms with Crippen LogP contribution in [0.15, 0.2) is 83.3 Å². The highest BCUT2D eigenvalue weighted by molar-refractivity contribution is 7.80. The van der Waals surface area contributed by atoms with Crippen molar-refractivity contribution < 1.29 is 14.3 Å². The summed E-state index contributed by atoms with van der Waals surface area (Å²) in [7, 11) is 7.90. The van der Waals surface area contributed by atoms with E-state index >= 15 is 0 Å². The molecule has 3 N–H and O–H groups in total. The number of thiocarbonyl (C=S) groups is 1. The van der Waals surface area contributed by atoms with Gasteiger partial charge in [0.2, 0.25) is 5.36 Å². The second-order valence-corrected chi connectivity index (χ2v) is 12.9. The highest BCUT2D eigenvalue weighted by Gasteiger charge is 2.23. The van der Waals surface area contributed by atoms with Crippen molar-refractivity contribution in [3.05, 3.63) is 101 Å². The molecule has 8 heteroatoms. The van der Waals surface area contributed by atoms with Crippen molar-refractivity contribution in [2.24, 2.45) is 0 Å². The van der Waals surface area contributed by atoms with Crippen LogP contribution >= 0.6 is 12.2 Å². The summed E-state index contributed by atoms with van der Waals surface area (Å²) in [6.07, 6.45) is 0. The van der Waals surface area contributed by atoms with E-state index in [1.807, 2.05) is 86.2 Å². The summed E-state index contributed by atoms with van der Waals surface area (Å²) in [5.74, 6) is -0.354. The number of anilines is 2. The fourth-order valence-corrected chi connectivity index (χ4v) is 5.40. The van der Waals surface area contributed by atoms with Gasteiger partial charge in [-0.25, -0.2) is 9.37 Å². The standard InChI is InChI=1S/C36H38N4O3S/c1-36(2,3)23-10-8-22(9-11-23)21-37-35(44)38-24-12-15-27(30(18-24)34(41)42)33-28-16-13-25(39(4)5)19-31(28)43-32-20-26(40(6)7)14-17-29(32)33/h8-20H,21H2,1-7H3,(H2,37,41,42,44)/p+1. The van der Waals surface area contributed by atoms with Gasteiger partial charge in [-0.15, -0.1) is 0 Å². The molecule has 0 spiro atoms. The van der Waals surface area contributed by atoms with Gasteiger partial charge >= 0.3 is 5.97 Å². The maximum atomic E-state index is 12.7. The fourth-order valence-electron chi connectivity index (χ4n) is 5.21. The predicted octanol–water partition coefficient (Wildman–Crippen LogP) is 6.78. The number of aromatic carboxylic acids is 1. The molecule has 44 heavy (non-hydrogen) atoms. The third kappa shape index (κ3) is 6.45. The quantitative estimate of drug-likeness (QED) is 0.112. The van der Waals surface area contributed by atoms with Crippen LogP contribution in [0.1, 0.15) is 42.3 Å². The van der Waals surface area contributed by atoms with E-state index < -0.39 is 5.97 Å². The molecule has 0 saturated carbocycles. The lowest BCUT2D eigenvalue weighted by Gasteiger charge is -2.20. The van der Waals surface area contributed by atoms with Crippen molar-refractivity contribution in [3.8, 4) is 22.5 Å². The summed E-state index contributed by atoms with van der Waals surface area (Å²) >= 11 is 5.56. The van der Waals surface area contributed by atoms with Crippen LogP contribution in [0.4, 0.5) is 11.4 Å². The normalized spacial score (nSPS) is 11.4. The number of nitrogens with zero attached hydrogens (tertiary/aromatic N) is 2. The Morgan fingerprint density at radius 1 is 0.932 bits per heavy atom. The van der Waals surface area contributed by atoms with Gasteiger partial charge in [-0.05, 0) is 64.7 Å². The van der Waals surface area contributed by atoms with Crippen molar-refractivity contribution in [2.75, 3.05) is 38.4 Å². The van der Waals surface area contributed by atoms with Gasteiger partial charge in [0.25, 0.3) is 0 Å². The maximum absolute atomic E-state index is 12.7. The summed E-state index contributed by atoms with van der Waals surface area (Å²) in [6.45, 7) is 7.12. The molecule has 226 valence electrons. The minimum Gasteiger partial charge on any atom is -0.478 e. The Morgan fingerprint density at radius 3 is 2.27 bits per heavy atom. The molecule has 0 saturated heterocycles. The first kappa shape index (κ1) is 30.8. The Bertz CT molecular complexity index is 1910. The largest absolute Gasteiger partial charge is 0.478 e.